The smallest absolute Gasteiger partial charge is 0.115 e. The summed E-state index contributed by atoms with van der Waals surface area (Å²) in [6.07, 6.45) is 1.13. The van der Waals surface area contributed by atoms with Crippen molar-refractivity contribution >= 4 is 38.6 Å². The van der Waals surface area contributed by atoms with E-state index in [1.165, 1.54) is 8.66 Å². The maximum Gasteiger partial charge on any atom is 0.115 e. The Kier molecular flexibility index (Phi) is 4.73. The van der Waals surface area contributed by atoms with Gasteiger partial charge in [-0.25, -0.2) is 4.98 Å². The molecule has 0 aromatic carbocycles. The minimum atomic E-state index is 0.241. The van der Waals surface area contributed by atoms with Gasteiger partial charge in [0.2, 0.25) is 0 Å². The molecule has 2 aromatic heterocycles. The van der Waals surface area contributed by atoms with Gasteiger partial charge in [0.25, 0.3) is 0 Å². The molecule has 2 nitrogen and oxygen atoms in total. The molecule has 0 aliphatic carbocycles. The molecule has 0 saturated carbocycles. The fourth-order valence-electron chi connectivity index (χ4n) is 1.59. The van der Waals surface area contributed by atoms with Crippen molar-refractivity contribution in [3.05, 3.63) is 36.9 Å². The topological polar surface area (TPSA) is 24.9 Å². The highest BCUT2D eigenvalue weighted by Gasteiger charge is 2.18. The third kappa shape index (κ3) is 3.37. The van der Waals surface area contributed by atoms with Crippen LogP contribution in [0.2, 0.25) is 0 Å². The van der Waals surface area contributed by atoms with Crippen LogP contribution in [0.1, 0.15) is 35.0 Å². The van der Waals surface area contributed by atoms with Crippen molar-refractivity contribution in [3.63, 3.8) is 0 Å². The normalized spacial score (nSPS) is 12.9. The molecule has 0 saturated heterocycles. The highest BCUT2D eigenvalue weighted by molar-refractivity contribution is 9.11. The Morgan fingerprint density at radius 1 is 1.47 bits per heavy atom. The maximum absolute atomic E-state index is 4.60. The number of rotatable bonds is 5. The minimum Gasteiger partial charge on any atom is -0.304 e. The summed E-state index contributed by atoms with van der Waals surface area (Å²) in [7, 11) is 0. The first-order valence-corrected chi connectivity index (χ1v) is 8.10. The van der Waals surface area contributed by atoms with Gasteiger partial charge in [0.05, 0.1) is 9.83 Å². The van der Waals surface area contributed by atoms with E-state index in [0.29, 0.717) is 0 Å². The zero-order chi connectivity index (χ0) is 12.3. The van der Waals surface area contributed by atoms with Crippen molar-refractivity contribution in [1.82, 2.24) is 10.3 Å². The van der Waals surface area contributed by atoms with Gasteiger partial charge in [-0.05, 0) is 48.0 Å². The van der Waals surface area contributed by atoms with Gasteiger partial charge in [-0.3, -0.25) is 0 Å². The fraction of sp³-hybridized carbons (Fsp3) is 0.417. The van der Waals surface area contributed by atoms with Crippen LogP contribution in [-0.4, -0.2) is 11.5 Å². The van der Waals surface area contributed by atoms with Crippen molar-refractivity contribution in [2.24, 2.45) is 0 Å². The lowest BCUT2D eigenvalue weighted by atomic mass is 10.2. The van der Waals surface area contributed by atoms with Gasteiger partial charge in [0.1, 0.15) is 5.01 Å². The first kappa shape index (κ1) is 13.2. The SMILES string of the molecule is CCCNC(c1ccc(Br)s1)c1nc(C)cs1. The highest BCUT2D eigenvalue weighted by Crippen LogP contribution is 2.32. The van der Waals surface area contributed by atoms with Gasteiger partial charge < -0.3 is 5.32 Å². The Hall–Kier alpha value is -0.230. The number of hydrogen-bond acceptors (Lipinski definition) is 4. The van der Waals surface area contributed by atoms with Crippen molar-refractivity contribution < 1.29 is 0 Å². The molecule has 0 amide bonds. The van der Waals surface area contributed by atoms with Crippen molar-refractivity contribution in [3.8, 4) is 0 Å². The zero-order valence-electron chi connectivity index (χ0n) is 9.87. The van der Waals surface area contributed by atoms with Crippen LogP contribution in [0.3, 0.4) is 0 Å². The molecule has 1 unspecified atom stereocenters. The van der Waals surface area contributed by atoms with Crippen LogP contribution < -0.4 is 5.32 Å². The Morgan fingerprint density at radius 3 is 2.82 bits per heavy atom. The summed E-state index contributed by atoms with van der Waals surface area (Å²) in [5.41, 5.74) is 1.10. The van der Waals surface area contributed by atoms with Crippen molar-refractivity contribution in [2.75, 3.05) is 6.54 Å². The van der Waals surface area contributed by atoms with Gasteiger partial charge in [-0.2, -0.15) is 0 Å². The van der Waals surface area contributed by atoms with E-state index in [1.54, 1.807) is 22.7 Å². The van der Waals surface area contributed by atoms with Crippen molar-refractivity contribution in [1.29, 1.82) is 0 Å². The Bertz CT molecular complexity index is 438. The summed E-state index contributed by atoms with van der Waals surface area (Å²) in [6.45, 7) is 5.24. The fourth-order valence-corrected chi connectivity index (χ4v) is 4.05. The number of nitrogens with one attached hydrogen (secondary N) is 1. The van der Waals surface area contributed by atoms with Crippen LogP contribution in [-0.2, 0) is 0 Å². The molecule has 1 N–H and O–H groups in total. The molecular weight excluding hydrogens is 316 g/mol. The van der Waals surface area contributed by atoms with E-state index in [1.807, 2.05) is 6.92 Å². The monoisotopic (exact) mass is 330 g/mol. The van der Waals surface area contributed by atoms with Crippen molar-refractivity contribution in [2.45, 2.75) is 26.3 Å². The van der Waals surface area contributed by atoms with E-state index in [-0.39, 0.29) is 6.04 Å². The third-order valence-corrected chi connectivity index (χ3v) is 5.08. The summed E-state index contributed by atoms with van der Waals surface area (Å²) in [5.74, 6) is 0. The molecule has 2 rings (SSSR count). The average molecular weight is 331 g/mol. The average Bonchev–Trinajstić information content (AvgIpc) is 2.89. The molecule has 1 atom stereocenters. The second-order valence-corrected chi connectivity index (χ2v) is 7.24. The predicted octanol–water partition coefficient (Wildman–Crippen LogP) is 4.36. The lowest BCUT2D eigenvalue weighted by Gasteiger charge is -2.14. The number of nitrogens with zero attached hydrogens (tertiary/aromatic N) is 1. The van der Waals surface area contributed by atoms with E-state index < -0.39 is 0 Å². The molecule has 0 bridgehead atoms. The van der Waals surface area contributed by atoms with E-state index >= 15 is 0 Å². The molecule has 2 aromatic rings. The lowest BCUT2D eigenvalue weighted by molar-refractivity contribution is 0.602. The molecule has 2 heterocycles. The first-order valence-electron chi connectivity index (χ1n) is 5.61. The molecule has 0 radical (unpaired) electrons. The number of hydrogen-bond donors (Lipinski definition) is 1. The molecule has 0 aliphatic heterocycles. The summed E-state index contributed by atoms with van der Waals surface area (Å²) < 4.78 is 1.17. The van der Waals surface area contributed by atoms with E-state index in [0.717, 1.165) is 23.7 Å². The molecule has 0 spiro atoms. The predicted molar refractivity (Wildman–Crippen MR) is 79.0 cm³/mol. The number of halogens is 1. The second kappa shape index (κ2) is 6.09. The highest BCUT2D eigenvalue weighted by atomic mass is 79.9. The quantitative estimate of drug-likeness (QED) is 0.880. The molecule has 5 heteroatoms. The van der Waals surface area contributed by atoms with E-state index in [4.69, 9.17) is 0 Å². The zero-order valence-corrected chi connectivity index (χ0v) is 13.1. The summed E-state index contributed by atoms with van der Waals surface area (Å²) >= 11 is 7.02. The Balaban J connectivity index is 2.24. The molecule has 92 valence electrons. The van der Waals surface area contributed by atoms with Gasteiger partial charge in [0, 0.05) is 16.0 Å². The maximum atomic E-state index is 4.60. The lowest BCUT2D eigenvalue weighted by Crippen LogP contribution is -2.22. The van der Waals surface area contributed by atoms with E-state index in [2.05, 4.69) is 50.7 Å². The van der Waals surface area contributed by atoms with E-state index in [9.17, 15) is 0 Å². The largest absolute Gasteiger partial charge is 0.304 e. The standard InChI is InChI=1S/C12H15BrN2S2/c1-3-6-14-11(9-4-5-10(13)17-9)12-15-8(2)7-16-12/h4-5,7,11,14H,3,6H2,1-2H3. The summed E-state index contributed by atoms with van der Waals surface area (Å²) in [5, 5.41) is 6.83. The summed E-state index contributed by atoms with van der Waals surface area (Å²) in [4.78, 5) is 5.92. The van der Waals surface area contributed by atoms with Crippen LogP contribution in [0, 0.1) is 6.92 Å². The van der Waals surface area contributed by atoms with Gasteiger partial charge in [-0.1, -0.05) is 6.92 Å². The summed E-state index contributed by atoms with van der Waals surface area (Å²) in [6, 6.07) is 4.50. The third-order valence-electron chi connectivity index (χ3n) is 2.36. The number of thiophene rings is 1. The van der Waals surface area contributed by atoms with Crippen LogP contribution in [0.4, 0.5) is 0 Å². The number of thiazole rings is 1. The first-order chi connectivity index (χ1) is 8.20. The molecular formula is C12H15BrN2S2. The minimum absolute atomic E-state index is 0.241. The van der Waals surface area contributed by atoms with Gasteiger partial charge in [-0.15, -0.1) is 22.7 Å². The molecule has 0 fully saturated rings. The van der Waals surface area contributed by atoms with Crippen LogP contribution in [0.5, 0.6) is 0 Å². The molecule has 0 aliphatic rings. The van der Waals surface area contributed by atoms with Crippen LogP contribution >= 0.6 is 38.6 Å². The number of aryl methyl sites for hydroxylation is 1. The Labute approximate surface area is 118 Å². The van der Waals surface area contributed by atoms with Gasteiger partial charge in [0.15, 0.2) is 0 Å². The Morgan fingerprint density at radius 2 is 2.29 bits per heavy atom. The van der Waals surface area contributed by atoms with Crippen LogP contribution in [0.15, 0.2) is 21.3 Å². The molecule has 17 heavy (non-hydrogen) atoms. The van der Waals surface area contributed by atoms with Gasteiger partial charge >= 0.3 is 0 Å². The van der Waals surface area contributed by atoms with Crippen LogP contribution in [0.25, 0.3) is 0 Å². The number of aromatic nitrogens is 1. The second-order valence-electron chi connectivity index (χ2n) is 3.86.